The van der Waals surface area contributed by atoms with Crippen molar-refractivity contribution in [3.8, 4) is 0 Å². The first-order valence-electron chi connectivity index (χ1n) is 9.95. The number of carbonyl (C=O) groups excluding carboxylic acids is 2. The predicted molar refractivity (Wildman–Crippen MR) is 114 cm³/mol. The second-order valence-electron chi connectivity index (χ2n) is 7.11. The van der Waals surface area contributed by atoms with Crippen molar-refractivity contribution >= 4 is 31.4 Å². The average molecular weight is 493 g/mol. The topological polar surface area (TPSA) is 91.3 Å². The number of rotatable bonds is 8. The van der Waals surface area contributed by atoms with Crippen LogP contribution in [0.2, 0.25) is 0 Å². The summed E-state index contributed by atoms with van der Waals surface area (Å²) in [4.78, 5) is 23.5. The molecule has 0 bridgehead atoms. The van der Waals surface area contributed by atoms with E-state index in [1.165, 1.54) is 13.8 Å². The van der Waals surface area contributed by atoms with E-state index in [2.05, 4.69) is 0 Å². The SMILES string of the molecule is CC(=O)OC1C(OC(C)=O)[C@H]([Se]c2ccccc2)OC(COCc2ccccc2)[C@H]1O. The summed E-state index contributed by atoms with van der Waals surface area (Å²) < 4.78 is 23.8. The number of aliphatic hydroxyl groups excluding tert-OH is 1. The van der Waals surface area contributed by atoms with Gasteiger partial charge < -0.3 is 0 Å². The van der Waals surface area contributed by atoms with Crippen molar-refractivity contribution in [2.45, 2.75) is 49.9 Å². The van der Waals surface area contributed by atoms with Gasteiger partial charge in [-0.15, -0.1) is 0 Å². The van der Waals surface area contributed by atoms with Crippen LogP contribution in [0.25, 0.3) is 0 Å². The monoisotopic (exact) mass is 494 g/mol. The summed E-state index contributed by atoms with van der Waals surface area (Å²) in [6.45, 7) is 2.99. The molecule has 3 unspecified atom stereocenters. The molecule has 7 nitrogen and oxygen atoms in total. The van der Waals surface area contributed by atoms with Crippen molar-refractivity contribution in [1.82, 2.24) is 0 Å². The van der Waals surface area contributed by atoms with Gasteiger partial charge in [0.2, 0.25) is 0 Å². The van der Waals surface area contributed by atoms with Gasteiger partial charge in [-0.05, 0) is 0 Å². The molecule has 2 aromatic carbocycles. The fourth-order valence-electron chi connectivity index (χ4n) is 3.27. The molecule has 0 amide bonds. The van der Waals surface area contributed by atoms with Crippen LogP contribution < -0.4 is 4.46 Å². The minimum atomic E-state index is -1.20. The van der Waals surface area contributed by atoms with Crippen molar-refractivity contribution in [3.63, 3.8) is 0 Å². The second kappa shape index (κ2) is 11.4. The Morgan fingerprint density at radius 2 is 1.52 bits per heavy atom. The predicted octanol–water partition coefficient (Wildman–Crippen LogP) is 1.18. The zero-order valence-electron chi connectivity index (χ0n) is 17.4. The van der Waals surface area contributed by atoms with Gasteiger partial charge in [-0.3, -0.25) is 0 Å². The van der Waals surface area contributed by atoms with E-state index >= 15 is 0 Å². The van der Waals surface area contributed by atoms with E-state index < -0.39 is 41.4 Å². The van der Waals surface area contributed by atoms with Crippen molar-refractivity contribution < 1.29 is 33.6 Å². The first kappa shape index (κ1) is 23.4. The van der Waals surface area contributed by atoms with E-state index in [1.807, 2.05) is 60.7 Å². The van der Waals surface area contributed by atoms with Crippen LogP contribution in [0.4, 0.5) is 0 Å². The van der Waals surface area contributed by atoms with Crippen LogP contribution in [-0.4, -0.2) is 68.0 Å². The molecule has 1 fully saturated rings. The number of aliphatic hydroxyl groups is 1. The maximum atomic E-state index is 11.7. The minimum absolute atomic E-state index is 0.0992. The molecule has 1 aliphatic rings. The number of esters is 2. The van der Waals surface area contributed by atoms with Gasteiger partial charge in [-0.2, -0.15) is 0 Å². The van der Waals surface area contributed by atoms with Gasteiger partial charge >= 0.3 is 188 Å². The molecule has 5 atom stereocenters. The van der Waals surface area contributed by atoms with Crippen molar-refractivity contribution in [3.05, 3.63) is 66.2 Å². The molecule has 3 rings (SSSR count). The third-order valence-corrected chi connectivity index (χ3v) is 7.04. The summed E-state index contributed by atoms with van der Waals surface area (Å²) in [6.07, 6.45) is -3.90. The quantitative estimate of drug-likeness (QED) is 0.436. The summed E-state index contributed by atoms with van der Waals surface area (Å²) in [7, 11) is 0. The van der Waals surface area contributed by atoms with Crippen LogP contribution in [0.1, 0.15) is 19.4 Å². The Kier molecular flexibility index (Phi) is 8.63. The van der Waals surface area contributed by atoms with E-state index in [-0.39, 0.29) is 21.6 Å². The Labute approximate surface area is 187 Å². The van der Waals surface area contributed by atoms with Gasteiger partial charge in [0.25, 0.3) is 0 Å². The summed E-state index contributed by atoms with van der Waals surface area (Å²) >= 11 is -0.266. The zero-order valence-corrected chi connectivity index (χ0v) is 19.1. The van der Waals surface area contributed by atoms with E-state index in [0.29, 0.717) is 6.61 Å². The molecule has 1 saturated heterocycles. The van der Waals surface area contributed by atoms with Gasteiger partial charge in [0.15, 0.2) is 0 Å². The molecule has 166 valence electrons. The first-order chi connectivity index (χ1) is 14.9. The molecule has 31 heavy (non-hydrogen) atoms. The second-order valence-corrected chi connectivity index (χ2v) is 9.57. The van der Waals surface area contributed by atoms with Gasteiger partial charge in [-0.25, -0.2) is 0 Å². The van der Waals surface area contributed by atoms with Gasteiger partial charge in [-0.1, -0.05) is 0 Å². The third-order valence-electron chi connectivity index (χ3n) is 4.61. The van der Waals surface area contributed by atoms with Crippen LogP contribution in [-0.2, 0) is 35.1 Å². The standard InChI is InChI=1S/C23H26O7Se/c1-15(24)28-21-20(26)19(14-27-13-17-9-5-3-6-10-17)30-23(22(21)29-16(2)25)31-18-11-7-4-8-12-18/h3-12,19-23,26H,13-14H2,1-2H3/t19?,20-,21?,22?,23+/m1/s1. The molecule has 1 aliphatic heterocycles. The van der Waals surface area contributed by atoms with Gasteiger partial charge in [0.1, 0.15) is 0 Å². The maximum absolute atomic E-state index is 11.7. The van der Waals surface area contributed by atoms with Crippen LogP contribution >= 0.6 is 0 Å². The molecular formula is C23H26O7Se. The Bertz CT molecular complexity index is 846. The molecule has 8 heteroatoms. The third kappa shape index (κ3) is 6.89. The number of carbonyl (C=O) groups is 2. The summed E-state index contributed by atoms with van der Waals surface area (Å²) in [5.74, 6) is -1.11. The average Bonchev–Trinajstić information content (AvgIpc) is 2.74. The van der Waals surface area contributed by atoms with Crippen molar-refractivity contribution in [2.24, 2.45) is 0 Å². The normalized spacial score (nSPS) is 25.6. The molecular weight excluding hydrogens is 467 g/mol. The number of hydrogen-bond donors (Lipinski definition) is 1. The van der Waals surface area contributed by atoms with Gasteiger partial charge in [0, 0.05) is 0 Å². The molecule has 0 aromatic heterocycles. The molecule has 0 spiro atoms. The molecule has 0 radical (unpaired) electrons. The summed E-state index contributed by atoms with van der Waals surface area (Å²) in [6, 6.07) is 19.3. The van der Waals surface area contributed by atoms with Gasteiger partial charge in [0.05, 0.1) is 0 Å². The number of benzene rings is 2. The fourth-order valence-corrected chi connectivity index (χ4v) is 5.63. The van der Waals surface area contributed by atoms with E-state index in [9.17, 15) is 14.7 Å². The zero-order chi connectivity index (χ0) is 22.2. The number of hydrogen-bond acceptors (Lipinski definition) is 7. The first-order valence-corrected chi connectivity index (χ1v) is 11.8. The Balaban J connectivity index is 1.77. The molecule has 0 aliphatic carbocycles. The van der Waals surface area contributed by atoms with E-state index in [4.69, 9.17) is 18.9 Å². The van der Waals surface area contributed by atoms with Crippen molar-refractivity contribution in [2.75, 3.05) is 6.61 Å². The molecule has 0 saturated carbocycles. The van der Waals surface area contributed by atoms with Crippen LogP contribution in [0, 0.1) is 0 Å². The number of ether oxygens (including phenoxy) is 4. The summed E-state index contributed by atoms with van der Waals surface area (Å²) in [5, 5.41) is 10.3. The van der Waals surface area contributed by atoms with Crippen molar-refractivity contribution in [1.29, 1.82) is 0 Å². The van der Waals surface area contributed by atoms with Crippen LogP contribution in [0.5, 0.6) is 0 Å². The fraction of sp³-hybridized carbons (Fsp3) is 0.391. The summed E-state index contributed by atoms with van der Waals surface area (Å²) in [5.41, 5.74) is 0.993. The van der Waals surface area contributed by atoms with E-state index in [1.54, 1.807) is 0 Å². The molecule has 1 heterocycles. The van der Waals surface area contributed by atoms with Crippen LogP contribution in [0.3, 0.4) is 0 Å². The Hall–Kier alpha value is -2.22. The Morgan fingerprint density at radius 1 is 0.935 bits per heavy atom. The van der Waals surface area contributed by atoms with Crippen LogP contribution in [0.15, 0.2) is 60.7 Å². The molecule has 2 aromatic rings. The Morgan fingerprint density at radius 3 is 2.13 bits per heavy atom. The van der Waals surface area contributed by atoms with E-state index in [0.717, 1.165) is 10.0 Å². The molecule has 1 N–H and O–H groups in total.